The fraction of sp³-hybridized carbons (Fsp3) is 0.615. The third-order valence-electron chi connectivity index (χ3n) is 2.57. The molecular weight excluding hydrogens is 215 g/mol. The van der Waals surface area contributed by atoms with Crippen molar-refractivity contribution in [3.8, 4) is 0 Å². The number of nitrogens with zero attached hydrogens (tertiary/aromatic N) is 2. The highest BCUT2D eigenvalue weighted by atomic mass is 31.1. The van der Waals surface area contributed by atoms with Gasteiger partial charge in [-0.3, -0.25) is 9.65 Å². The van der Waals surface area contributed by atoms with E-state index in [1.807, 2.05) is 12.3 Å². The Morgan fingerprint density at radius 3 is 2.25 bits per heavy atom. The van der Waals surface area contributed by atoms with Gasteiger partial charge in [-0.2, -0.15) is 0 Å². The predicted molar refractivity (Wildman–Crippen MR) is 72.9 cm³/mol. The van der Waals surface area contributed by atoms with Crippen LogP contribution in [-0.2, 0) is 6.54 Å². The predicted octanol–water partition coefficient (Wildman–Crippen LogP) is 3.73. The van der Waals surface area contributed by atoms with Crippen molar-refractivity contribution in [2.75, 3.05) is 7.05 Å². The van der Waals surface area contributed by atoms with Crippen LogP contribution < -0.4 is 0 Å². The molecule has 0 aliphatic rings. The third kappa shape index (κ3) is 3.84. The van der Waals surface area contributed by atoms with E-state index in [0.29, 0.717) is 0 Å². The number of rotatable bonds is 5. The second-order valence-electron chi connectivity index (χ2n) is 4.70. The highest BCUT2D eigenvalue weighted by molar-refractivity contribution is 7.56. The molecule has 0 saturated heterocycles. The van der Waals surface area contributed by atoms with E-state index in [-0.39, 0.29) is 8.07 Å². The van der Waals surface area contributed by atoms with Crippen LogP contribution in [0.4, 0.5) is 0 Å². The monoisotopic (exact) mass is 238 g/mol. The summed E-state index contributed by atoms with van der Waals surface area (Å²) < 4.78 is 2.48. The Bertz CT molecular complexity index is 290. The van der Waals surface area contributed by atoms with Gasteiger partial charge in [0.05, 0.1) is 5.69 Å². The highest BCUT2D eigenvalue weighted by Gasteiger charge is 2.21. The summed E-state index contributed by atoms with van der Waals surface area (Å²) in [5.74, 6) is 0. The van der Waals surface area contributed by atoms with Gasteiger partial charge in [0.25, 0.3) is 0 Å². The van der Waals surface area contributed by atoms with Crippen molar-refractivity contribution in [1.82, 2.24) is 9.65 Å². The molecule has 90 valence electrons. The van der Waals surface area contributed by atoms with E-state index in [2.05, 4.69) is 56.5 Å². The van der Waals surface area contributed by atoms with Gasteiger partial charge >= 0.3 is 0 Å². The molecule has 0 N–H and O–H groups in total. The molecular formula is C13H23N2P. The van der Waals surface area contributed by atoms with E-state index in [4.69, 9.17) is 0 Å². The normalized spacial score (nSPS) is 12.1. The van der Waals surface area contributed by atoms with Crippen LogP contribution in [0.15, 0.2) is 24.4 Å². The summed E-state index contributed by atoms with van der Waals surface area (Å²) in [7, 11) is 2.15. The summed E-state index contributed by atoms with van der Waals surface area (Å²) >= 11 is 0. The topological polar surface area (TPSA) is 16.1 Å². The summed E-state index contributed by atoms with van der Waals surface area (Å²) in [4.78, 5) is 4.39. The molecule has 2 nitrogen and oxygen atoms in total. The van der Waals surface area contributed by atoms with E-state index < -0.39 is 0 Å². The van der Waals surface area contributed by atoms with Crippen molar-refractivity contribution in [1.29, 1.82) is 0 Å². The van der Waals surface area contributed by atoms with Crippen molar-refractivity contribution >= 4 is 8.07 Å². The molecule has 0 aliphatic carbocycles. The molecule has 1 aromatic heterocycles. The molecule has 1 heterocycles. The summed E-state index contributed by atoms with van der Waals surface area (Å²) in [6.45, 7) is 10.2. The molecule has 1 aromatic rings. The highest BCUT2D eigenvalue weighted by Crippen LogP contribution is 2.48. The summed E-state index contributed by atoms with van der Waals surface area (Å²) in [6, 6.07) is 6.13. The molecule has 3 heteroatoms. The number of hydrogen-bond donors (Lipinski definition) is 0. The van der Waals surface area contributed by atoms with Crippen molar-refractivity contribution in [3.63, 3.8) is 0 Å². The largest absolute Gasteiger partial charge is 0.279 e. The van der Waals surface area contributed by atoms with Gasteiger partial charge in [0.1, 0.15) is 0 Å². The second kappa shape index (κ2) is 6.32. The first-order valence-electron chi connectivity index (χ1n) is 5.91. The lowest BCUT2D eigenvalue weighted by Crippen LogP contribution is -2.21. The van der Waals surface area contributed by atoms with Gasteiger partial charge in [0, 0.05) is 12.7 Å². The SMILES string of the molecule is CC(C)P(C(C)C)N(C)Cc1ccccn1. The van der Waals surface area contributed by atoms with Crippen LogP contribution in [0.25, 0.3) is 0 Å². The lowest BCUT2D eigenvalue weighted by atomic mass is 10.3. The smallest absolute Gasteiger partial charge is 0.0547 e. The maximum atomic E-state index is 4.39. The Kier molecular flexibility index (Phi) is 5.37. The minimum atomic E-state index is -0.0702. The molecule has 0 amide bonds. The Labute approximate surface area is 101 Å². The van der Waals surface area contributed by atoms with Crippen LogP contribution >= 0.6 is 8.07 Å². The van der Waals surface area contributed by atoms with Crippen LogP contribution in [0.2, 0.25) is 0 Å². The Hall–Kier alpha value is -0.460. The van der Waals surface area contributed by atoms with Crippen LogP contribution in [0.3, 0.4) is 0 Å². The first-order chi connectivity index (χ1) is 7.52. The average Bonchev–Trinajstić information content (AvgIpc) is 2.17. The van der Waals surface area contributed by atoms with Crippen LogP contribution in [0.1, 0.15) is 33.4 Å². The zero-order valence-corrected chi connectivity index (χ0v) is 11.9. The molecule has 0 saturated carbocycles. The first kappa shape index (κ1) is 13.6. The number of hydrogen-bond acceptors (Lipinski definition) is 2. The Balaban J connectivity index is 2.66. The Morgan fingerprint density at radius 1 is 1.19 bits per heavy atom. The number of aromatic nitrogens is 1. The molecule has 0 atom stereocenters. The molecule has 16 heavy (non-hydrogen) atoms. The van der Waals surface area contributed by atoms with Crippen LogP contribution in [0.5, 0.6) is 0 Å². The van der Waals surface area contributed by atoms with Crippen molar-refractivity contribution in [2.24, 2.45) is 0 Å². The lowest BCUT2D eigenvalue weighted by Gasteiger charge is -2.34. The zero-order chi connectivity index (χ0) is 12.1. The number of pyridine rings is 1. The Morgan fingerprint density at radius 2 is 1.81 bits per heavy atom. The van der Waals surface area contributed by atoms with Gasteiger partial charge in [-0.15, -0.1) is 0 Å². The van der Waals surface area contributed by atoms with E-state index in [1.165, 1.54) is 5.69 Å². The van der Waals surface area contributed by atoms with Crippen molar-refractivity contribution in [2.45, 2.75) is 45.6 Å². The minimum absolute atomic E-state index is 0.0702. The summed E-state index contributed by atoms with van der Waals surface area (Å²) in [5.41, 5.74) is 2.64. The maximum absolute atomic E-state index is 4.39. The summed E-state index contributed by atoms with van der Waals surface area (Å²) in [5, 5.41) is 0. The molecule has 0 fully saturated rings. The first-order valence-corrected chi connectivity index (χ1v) is 7.35. The van der Waals surface area contributed by atoms with E-state index >= 15 is 0 Å². The fourth-order valence-corrected chi connectivity index (χ4v) is 5.27. The molecule has 1 rings (SSSR count). The lowest BCUT2D eigenvalue weighted by molar-refractivity contribution is 0.523. The van der Waals surface area contributed by atoms with Gasteiger partial charge < -0.3 is 0 Å². The summed E-state index contributed by atoms with van der Waals surface area (Å²) in [6.07, 6.45) is 1.87. The third-order valence-corrected chi connectivity index (χ3v) is 5.62. The molecule has 0 unspecified atom stereocenters. The van der Waals surface area contributed by atoms with Crippen molar-refractivity contribution in [3.05, 3.63) is 30.1 Å². The van der Waals surface area contributed by atoms with Crippen LogP contribution in [-0.4, -0.2) is 28.0 Å². The van der Waals surface area contributed by atoms with Crippen LogP contribution in [0, 0.1) is 0 Å². The van der Waals surface area contributed by atoms with Gasteiger partial charge in [0.2, 0.25) is 0 Å². The maximum Gasteiger partial charge on any atom is 0.0547 e. The zero-order valence-electron chi connectivity index (χ0n) is 11.0. The van der Waals surface area contributed by atoms with Gasteiger partial charge in [-0.1, -0.05) is 33.8 Å². The quantitative estimate of drug-likeness (QED) is 0.727. The molecule has 0 aliphatic heterocycles. The van der Waals surface area contributed by atoms with E-state index in [9.17, 15) is 0 Å². The fourth-order valence-electron chi connectivity index (χ4n) is 2.19. The van der Waals surface area contributed by atoms with Crippen molar-refractivity contribution < 1.29 is 0 Å². The van der Waals surface area contributed by atoms with Gasteiger partial charge in [-0.05, 0) is 38.6 Å². The second-order valence-corrected chi connectivity index (χ2v) is 8.21. The van der Waals surface area contributed by atoms with Gasteiger partial charge in [-0.25, -0.2) is 0 Å². The molecule has 0 radical (unpaired) electrons. The minimum Gasteiger partial charge on any atom is -0.279 e. The van der Waals surface area contributed by atoms with E-state index in [1.54, 1.807) is 0 Å². The average molecular weight is 238 g/mol. The van der Waals surface area contributed by atoms with Gasteiger partial charge in [0.15, 0.2) is 0 Å². The van der Waals surface area contributed by atoms with E-state index in [0.717, 1.165) is 17.9 Å². The molecule has 0 aromatic carbocycles. The molecule has 0 bridgehead atoms. The molecule has 0 spiro atoms. The standard InChI is InChI=1S/C13H23N2P/c1-11(2)16(12(3)4)15(5)10-13-8-6-7-9-14-13/h6-9,11-12H,10H2,1-5H3.